The minimum absolute atomic E-state index is 0.221. The minimum atomic E-state index is -1.60. The number of amides is 4. The molecule has 4 amide bonds. The van der Waals surface area contributed by atoms with E-state index in [9.17, 15) is 28.8 Å². The fourth-order valence-electron chi connectivity index (χ4n) is 2.24. The molecule has 5 atom stereocenters. The minimum Gasteiger partial charge on any atom is -0.481 e. The zero-order valence-electron chi connectivity index (χ0n) is 17.0. The van der Waals surface area contributed by atoms with Gasteiger partial charge in [0.05, 0.1) is 18.9 Å². The van der Waals surface area contributed by atoms with E-state index in [1.165, 1.54) is 6.92 Å². The van der Waals surface area contributed by atoms with Crippen LogP contribution in [-0.4, -0.2) is 69.9 Å². The number of carbonyl (C=O) groups is 6. The Balaban J connectivity index is 5.14. The van der Waals surface area contributed by atoms with Gasteiger partial charge < -0.3 is 37.6 Å². The summed E-state index contributed by atoms with van der Waals surface area (Å²) in [6.07, 6.45) is -0.844. The molecule has 0 heterocycles. The lowest BCUT2D eigenvalue weighted by Gasteiger charge is -2.24. The summed E-state index contributed by atoms with van der Waals surface area (Å²) >= 11 is 0. The van der Waals surface area contributed by atoms with Gasteiger partial charge in [-0.2, -0.15) is 0 Å². The van der Waals surface area contributed by atoms with Gasteiger partial charge in [-0.25, -0.2) is 4.79 Å². The number of carboxylic acid groups (broad SMARTS) is 2. The van der Waals surface area contributed by atoms with Crippen LogP contribution in [0.25, 0.3) is 0 Å². The summed E-state index contributed by atoms with van der Waals surface area (Å²) in [6, 6.07) is -5.38. The summed E-state index contributed by atoms with van der Waals surface area (Å²) in [5.41, 5.74) is 10.7. The summed E-state index contributed by atoms with van der Waals surface area (Å²) in [5.74, 6) is -6.72. The monoisotopic (exact) mass is 431 g/mol. The lowest BCUT2D eigenvalue weighted by atomic mass is 9.99. The van der Waals surface area contributed by atoms with Crippen molar-refractivity contribution in [3.8, 4) is 0 Å². The van der Waals surface area contributed by atoms with E-state index < -0.39 is 72.6 Å². The molecule has 0 fully saturated rings. The molecule has 13 heteroatoms. The fraction of sp³-hybridized carbons (Fsp3) is 0.647. The van der Waals surface area contributed by atoms with Gasteiger partial charge >= 0.3 is 11.9 Å². The molecule has 0 aromatic heterocycles. The zero-order chi connectivity index (χ0) is 23.6. The van der Waals surface area contributed by atoms with Crippen LogP contribution in [0.5, 0.6) is 0 Å². The molecule has 0 aliphatic heterocycles. The van der Waals surface area contributed by atoms with Crippen LogP contribution in [-0.2, 0) is 28.8 Å². The van der Waals surface area contributed by atoms with Gasteiger partial charge in [0.15, 0.2) is 0 Å². The van der Waals surface area contributed by atoms with Gasteiger partial charge in [0.2, 0.25) is 23.6 Å². The average molecular weight is 431 g/mol. The first-order valence-electron chi connectivity index (χ1n) is 9.19. The van der Waals surface area contributed by atoms with Crippen molar-refractivity contribution in [1.82, 2.24) is 16.0 Å². The van der Waals surface area contributed by atoms with Gasteiger partial charge in [-0.3, -0.25) is 24.0 Å². The van der Waals surface area contributed by atoms with Crippen molar-refractivity contribution in [3.05, 3.63) is 0 Å². The van der Waals surface area contributed by atoms with Gasteiger partial charge in [0.1, 0.15) is 18.1 Å². The Kier molecular flexibility index (Phi) is 11.0. The normalized spacial score (nSPS) is 15.6. The number of nitrogens with two attached hydrogens (primary N) is 2. The Hall–Kier alpha value is -3.22. The Labute approximate surface area is 172 Å². The van der Waals surface area contributed by atoms with Crippen LogP contribution in [0.3, 0.4) is 0 Å². The molecule has 0 radical (unpaired) electrons. The number of carbonyl (C=O) groups excluding carboxylic acids is 4. The molecule has 170 valence electrons. The van der Waals surface area contributed by atoms with Crippen LogP contribution in [0.4, 0.5) is 0 Å². The van der Waals surface area contributed by atoms with Gasteiger partial charge in [0.25, 0.3) is 0 Å². The van der Waals surface area contributed by atoms with Crippen LogP contribution in [0.1, 0.15) is 40.0 Å². The summed E-state index contributed by atoms with van der Waals surface area (Å²) in [6.45, 7) is 4.73. The van der Waals surface area contributed by atoms with E-state index in [1.807, 2.05) is 12.2 Å². The van der Waals surface area contributed by atoms with E-state index in [0.717, 1.165) is 0 Å². The second kappa shape index (κ2) is 12.4. The first-order chi connectivity index (χ1) is 13.8. The zero-order valence-corrected chi connectivity index (χ0v) is 17.0. The molecular formula is C17H29N5O8. The second-order valence-electron chi connectivity index (χ2n) is 6.87. The summed E-state index contributed by atoms with van der Waals surface area (Å²) in [7, 11) is 0. The highest BCUT2D eigenvalue weighted by atomic mass is 16.4. The van der Waals surface area contributed by atoms with E-state index in [4.69, 9.17) is 21.7 Å². The Morgan fingerprint density at radius 3 is 1.80 bits per heavy atom. The summed E-state index contributed by atoms with van der Waals surface area (Å²) < 4.78 is 0. The van der Waals surface area contributed by atoms with E-state index in [-0.39, 0.29) is 5.92 Å². The number of carboxylic acids is 2. The van der Waals surface area contributed by atoms with Crippen molar-refractivity contribution in [2.24, 2.45) is 17.4 Å². The van der Waals surface area contributed by atoms with Gasteiger partial charge in [-0.1, -0.05) is 20.3 Å². The Bertz CT molecular complexity index is 683. The molecule has 0 saturated heterocycles. The highest BCUT2D eigenvalue weighted by Gasteiger charge is 2.30. The van der Waals surface area contributed by atoms with Crippen molar-refractivity contribution in [1.29, 1.82) is 0 Å². The third-order valence-corrected chi connectivity index (χ3v) is 4.34. The van der Waals surface area contributed by atoms with Crippen molar-refractivity contribution in [2.75, 3.05) is 0 Å². The molecule has 0 aromatic carbocycles. The third kappa shape index (κ3) is 9.32. The fourth-order valence-corrected chi connectivity index (χ4v) is 2.24. The Morgan fingerprint density at radius 1 is 0.833 bits per heavy atom. The molecule has 0 aliphatic rings. The molecule has 30 heavy (non-hydrogen) atoms. The lowest BCUT2D eigenvalue weighted by Crippen LogP contribution is -2.57. The Morgan fingerprint density at radius 2 is 1.37 bits per heavy atom. The lowest BCUT2D eigenvalue weighted by molar-refractivity contribution is -0.144. The van der Waals surface area contributed by atoms with Gasteiger partial charge in [-0.05, 0) is 12.8 Å². The molecule has 9 N–H and O–H groups in total. The molecule has 13 nitrogen and oxygen atoms in total. The molecule has 0 saturated carbocycles. The van der Waals surface area contributed by atoms with Crippen LogP contribution < -0.4 is 27.4 Å². The molecule has 0 aliphatic carbocycles. The topological polar surface area (TPSA) is 231 Å². The summed E-state index contributed by atoms with van der Waals surface area (Å²) in [5, 5.41) is 24.5. The number of hydrogen-bond acceptors (Lipinski definition) is 7. The van der Waals surface area contributed by atoms with Crippen LogP contribution in [0, 0.1) is 5.92 Å². The standard InChI is InChI=1S/C17H29N5O8/c1-4-7(2)13(19)16(28)21-9(6-12(24)25)15(27)20-8(3)14(26)22-10(17(29)30)5-11(18)23/h7-10,13H,4-6,19H2,1-3H3,(H2,18,23)(H,20,27)(H,21,28)(H,22,26)(H,24,25)(H,29,30). The van der Waals surface area contributed by atoms with E-state index >= 15 is 0 Å². The number of aliphatic carboxylic acids is 2. The van der Waals surface area contributed by atoms with Crippen molar-refractivity contribution in [3.63, 3.8) is 0 Å². The van der Waals surface area contributed by atoms with Gasteiger partial charge in [0, 0.05) is 0 Å². The maximum Gasteiger partial charge on any atom is 0.326 e. The van der Waals surface area contributed by atoms with Crippen molar-refractivity contribution in [2.45, 2.75) is 64.2 Å². The molecule has 0 bridgehead atoms. The highest BCUT2D eigenvalue weighted by Crippen LogP contribution is 2.06. The predicted molar refractivity (Wildman–Crippen MR) is 103 cm³/mol. The molecular weight excluding hydrogens is 402 g/mol. The highest BCUT2D eigenvalue weighted by molar-refractivity contribution is 5.96. The van der Waals surface area contributed by atoms with Crippen LogP contribution in [0.15, 0.2) is 0 Å². The summed E-state index contributed by atoms with van der Waals surface area (Å²) in [4.78, 5) is 69.7. The first kappa shape index (κ1) is 26.8. The van der Waals surface area contributed by atoms with E-state index in [2.05, 4.69) is 10.6 Å². The largest absolute Gasteiger partial charge is 0.481 e. The molecule has 0 rings (SSSR count). The molecule has 0 spiro atoms. The molecule has 5 unspecified atom stereocenters. The second-order valence-corrected chi connectivity index (χ2v) is 6.87. The quantitative estimate of drug-likeness (QED) is 0.160. The maximum absolute atomic E-state index is 12.4. The predicted octanol–water partition coefficient (Wildman–Crippen LogP) is -2.73. The van der Waals surface area contributed by atoms with E-state index in [1.54, 1.807) is 6.92 Å². The van der Waals surface area contributed by atoms with Crippen LogP contribution >= 0.6 is 0 Å². The smallest absolute Gasteiger partial charge is 0.326 e. The van der Waals surface area contributed by atoms with E-state index in [0.29, 0.717) is 6.42 Å². The number of nitrogens with one attached hydrogen (secondary N) is 3. The molecule has 0 aromatic rings. The maximum atomic E-state index is 12.4. The number of hydrogen-bond donors (Lipinski definition) is 7. The average Bonchev–Trinajstić information content (AvgIpc) is 2.64. The first-order valence-corrected chi connectivity index (χ1v) is 9.19. The SMILES string of the molecule is CCC(C)C(N)C(=O)NC(CC(=O)O)C(=O)NC(C)C(=O)NC(CC(N)=O)C(=O)O. The van der Waals surface area contributed by atoms with Gasteiger partial charge in [-0.15, -0.1) is 0 Å². The third-order valence-electron chi connectivity index (χ3n) is 4.34. The number of primary amides is 1. The van der Waals surface area contributed by atoms with Crippen molar-refractivity contribution >= 4 is 35.6 Å². The van der Waals surface area contributed by atoms with Crippen molar-refractivity contribution < 1.29 is 39.0 Å². The number of rotatable bonds is 13. The van der Waals surface area contributed by atoms with Crippen LogP contribution in [0.2, 0.25) is 0 Å².